The van der Waals surface area contributed by atoms with E-state index in [2.05, 4.69) is 9.71 Å². The standard InChI is InChI=1S/C11H13N3O4S2/c1-8-2-3-10(19-8)20(17,18)13-4-5-14-6-9(11(15)16)12-7-14/h2-3,6-7,13H,4-5H2,1H3,(H,15,16). The maximum Gasteiger partial charge on any atom is 0.356 e. The van der Waals surface area contributed by atoms with Crippen molar-refractivity contribution >= 4 is 27.3 Å². The number of imidazole rings is 1. The van der Waals surface area contributed by atoms with Crippen molar-refractivity contribution in [3.05, 3.63) is 35.2 Å². The van der Waals surface area contributed by atoms with E-state index < -0.39 is 16.0 Å². The minimum atomic E-state index is -3.50. The van der Waals surface area contributed by atoms with Crippen molar-refractivity contribution in [1.82, 2.24) is 14.3 Å². The summed E-state index contributed by atoms with van der Waals surface area (Å²) in [4.78, 5) is 15.3. The number of aromatic carboxylic acids is 1. The molecule has 0 amide bonds. The van der Waals surface area contributed by atoms with Crippen molar-refractivity contribution in [2.45, 2.75) is 17.7 Å². The van der Waals surface area contributed by atoms with E-state index in [1.807, 2.05) is 6.92 Å². The molecule has 2 N–H and O–H groups in total. The Morgan fingerprint density at radius 1 is 1.50 bits per heavy atom. The van der Waals surface area contributed by atoms with Crippen LogP contribution in [0.3, 0.4) is 0 Å². The predicted octanol–water partition coefficient (Wildman–Crippen LogP) is 0.930. The normalized spacial score (nSPS) is 11.7. The summed E-state index contributed by atoms with van der Waals surface area (Å²) in [5, 5.41) is 8.72. The first-order chi connectivity index (χ1) is 9.38. The summed E-state index contributed by atoms with van der Waals surface area (Å²) in [6, 6.07) is 3.30. The molecule has 2 rings (SSSR count). The molecule has 2 aromatic rings. The summed E-state index contributed by atoms with van der Waals surface area (Å²) >= 11 is 1.20. The fraction of sp³-hybridized carbons (Fsp3) is 0.273. The van der Waals surface area contributed by atoms with E-state index in [-0.39, 0.29) is 16.4 Å². The minimum absolute atomic E-state index is 0.0678. The van der Waals surface area contributed by atoms with Crippen LogP contribution in [0.15, 0.2) is 28.9 Å². The van der Waals surface area contributed by atoms with Crippen molar-refractivity contribution in [1.29, 1.82) is 0 Å². The number of thiophene rings is 1. The zero-order valence-corrected chi connectivity index (χ0v) is 12.2. The molecule has 0 saturated heterocycles. The number of hydrogen-bond acceptors (Lipinski definition) is 5. The van der Waals surface area contributed by atoms with Gasteiger partial charge >= 0.3 is 5.97 Å². The highest BCUT2D eigenvalue weighted by atomic mass is 32.2. The van der Waals surface area contributed by atoms with Gasteiger partial charge in [0.1, 0.15) is 4.21 Å². The van der Waals surface area contributed by atoms with Crippen LogP contribution in [0, 0.1) is 6.92 Å². The van der Waals surface area contributed by atoms with Gasteiger partial charge in [0.2, 0.25) is 10.0 Å². The molecule has 0 aliphatic heterocycles. The van der Waals surface area contributed by atoms with Crippen LogP contribution in [-0.4, -0.2) is 35.6 Å². The molecule has 0 spiro atoms. The number of rotatable bonds is 6. The average molecular weight is 315 g/mol. The van der Waals surface area contributed by atoms with E-state index >= 15 is 0 Å². The summed E-state index contributed by atoms with van der Waals surface area (Å²) in [6.45, 7) is 2.31. The van der Waals surface area contributed by atoms with Gasteiger partial charge < -0.3 is 9.67 Å². The van der Waals surface area contributed by atoms with E-state index in [4.69, 9.17) is 5.11 Å². The van der Waals surface area contributed by atoms with E-state index in [1.54, 1.807) is 12.1 Å². The summed E-state index contributed by atoms with van der Waals surface area (Å²) in [5.41, 5.74) is -0.0678. The Morgan fingerprint density at radius 2 is 2.25 bits per heavy atom. The molecule has 0 bridgehead atoms. The van der Waals surface area contributed by atoms with Crippen LogP contribution in [0.2, 0.25) is 0 Å². The molecule has 108 valence electrons. The first-order valence-corrected chi connectivity index (χ1v) is 7.99. The molecule has 2 heterocycles. The highest BCUT2D eigenvalue weighted by Gasteiger charge is 2.15. The number of sulfonamides is 1. The summed E-state index contributed by atoms with van der Waals surface area (Å²) < 4.78 is 28.1. The highest BCUT2D eigenvalue weighted by Crippen LogP contribution is 2.19. The van der Waals surface area contributed by atoms with Crippen LogP contribution in [0.4, 0.5) is 0 Å². The zero-order chi connectivity index (χ0) is 14.8. The van der Waals surface area contributed by atoms with E-state index in [1.165, 1.54) is 28.4 Å². The number of aromatic nitrogens is 2. The van der Waals surface area contributed by atoms with E-state index in [9.17, 15) is 13.2 Å². The van der Waals surface area contributed by atoms with Gasteiger partial charge in [-0.25, -0.2) is 22.9 Å². The largest absolute Gasteiger partial charge is 0.476 e. The van der Waals surface area contributed by atoms with Crippen LogP contribution in [0.1, 0.15) is 15.4 Å². The Morgan fingerprint density at radius 3 is 2.80 bits per heavy atom. The van der Waals surface area contributed by atoms with Gasteiger partial charge in [-0.15, -0.1) is 11.3 Å². The Balaban J connectivity index is 1.93. The number of nitrogens with one attached hydrogen (secondary N) is 1. The third kappa shape index (κ3) is 3.44. The van der Waals surface area contributed by atoms with Crippen molar-refractivity contribution in [3.8, 4) is 0 Å². The molecular weight excluding hydrogens is 302 g/mol. The molecule has 0 fully saturated rings. The van der Waals surface area contributed by atoms with Gasteiger partial charge in [0.25, 0.3) is 0 Å². The van der Waals surface area contributed by atoms with Crippen LogP contribution in [0.25, 0.3) is 0 Å². The lowest BCUT2D eigenvalue weighted by molar-refractivity contribution is 0.0691. The Kier molecular flexibility index (Phi) is 4.21. The minimum Gasteiger partial charge on any atom is -0.476 e. The van der Waals surface area contributed by atoms with Crippen LogP contribution in [0.5, 0.6) is 0 Å². The van der Waals surface area contributed by atoms with Crippen LogP contribution < -0.4 is 4.72 Å². The molecule has 0 aliphatic rings. The molecular formula is C11H13N3O4S2. The maximum atomic E-state index is 11.9. The molecule has 0 saturated carbocycles. The van der Waals surface area contributed by atoms with Crippen molar-refractivity contribution in [3.63, 3.8) is 0 Å². The highest BCUT2D eigenvalue weighted by molar-refractivity contribution is 7.91. The lowest BCUT2D eigenvalue weighted by Crippen LogP contribution is -2.26. The molecule has 0 atom stereocenters. The van der Waals surface area contributed by atoms with E-state index in [0.29, 0.717) is 6.54 Å². The fourth-order valence-electron chi connectivity index (χ4n) is 1.53. The molecule has 9 heteroatoms. The third-order valence-corrected chi connectivity index (χ3v) is 5.45. The SMILES string of the molecule is Cc1ccc(S(=O)(=O)NCCn2cnc(C(=O)O)c2)s1. The Labute approximate surface area is 119 Å². The molecule has 0 aromatic carbocycles. The lowest BCUT2D eigenvalue weighted by Gasteiger charge is -2.05. The Bertz CT molecular complexity index is 718. The molecule has 2 aromatic heterocycles. The van der Waals surface area contributed by atoms with Crippen molar-refractivity contribution in [2.75, 3.05) is 6.54 Å². The smallest absolute Gasteiger partial charge is 0.356 e. The topological polar surface area (TPSA) is 101 Å². The number of carbonyl (C=O) groups is 1. The van der Waals surface area contributed by atoms with Gasteiger partial charge in [0, 0.05) is 24.2 Å². The van der Waals surface area contributed by atoms with Crippen molar-refractivity contribution < 1.29 is 18.3 Å². The predicted molar refractivity (Wildman–Crippen MR) is 73.4 cm³/mol. The summed E-state index contributed by atoms with van der Waals surface area (Å²) in [5.74, 6) is -1.11. The molecule has 0 unspecified atom stereocenters. The maximum absolute atomic E-state index is 11.9. The molecule has 0 radical (unpaired) electrons. The number of aryl methyl sites for hydroxylation is 1. The first-order valence-electron chi connectivity index (χ1n) is 5.69. The number of hydrogen-bond donors (Lipinski definition) is 2. The number of nitrogens with zero attached hydrogens (tertiary/aromatic N) is 2. The van der Waals surface area contributed by atoms with Gasteiger partial charge in [-0.1, -0.05) is 0 Å². The fourth-order valence-corrected chi connectivity index (χ4v) is 3.88. The summed E-state index contributed by atoms with van der Waals surface area (Å²) in [7, 11) is -3.50. The van der Waals surface area contributed by atoms with Crippen LogP contribution >= 0.6 is 11.3 Å². The van der Waals surface area contributed by atoms with E-state index in [0.717, 1.165) is 4.88 Å². The monoisotopic (exact) mass is 315 g/mol. The second-order valence-electron chi connectivity index (χ2n) is 4.06. The van der Waals surface area contributed by atoms with Gasteiger partial charge in [0.15, 0.2) is 5.69 Å². The average Bonchev–Trinajstić information content (AvgIpc) is 2.98. The zero-order valence-electron chi connectivity index (χ0n) is 10.6. The Hall–Kier alpha value is -1.71. The number of carboxylic acids is 1. The quantitative estimate of drug-likeness (QED) is 0.826. The molecule has 0 aliphatic carbocycles. The summed E-state index contributed by atoms with van der Waals surface area (Å²) in [6.07, 6.45) is 2.71. The first kappa shape index (κ1) is 14.7. The van der Waals surface area contributed by atoms with Crippen molar-refractivity contribution in [2.24, 2.45) is 0 Å². The second-order valence-corrected chi connectivity index (χ2v) is 7.35. The molecule has 20 heavy (non-hydrogen) atoms. The van der Waals surface area contributed by atoms with Gasteiger partial charge in [-0.05, 0) is 19.1 Å². The second kappa shape index (κ2) is 5.73. The third-order valence-electron chi connectivity index (χ3n) is 2.50. The van der Waals surface area contributed by atoms with Gasteiger partial charge in [0.05, 0.1) is 6.33 Å². The van der Waals surface area contributed by atoms with Gasteiger partial charge in [-0.2, -0.15) is 0 Å². The van der Waals surface area contributed by atoms with Crippen LogP contribution in [-0.2, 0) is 16.6 Å². The molecule has 7 nitrogen and oxygen atoms in total. The lowest BCUT2D eigenvalue weighted by atomic mass is 10.5. The van der Waals surface area contributed by atoms with Gasteiger partial charge in [-0.3, -0.25) is 0 Å². The number of carboxylic acid groups (broad SMARTS) is 1.